The van der Waals surface area contributed by atoms with Gasteiger partial charge in [-0.1, -0.05) is 35.9 Å². The molecule has 2 aromatic carbocycles. The van der Waals surface area contributed by atoms with Crippen molar-refractivity contribution in [2.24, 2.45) is 0 Å². The van der Waals surface area contributed by atoms with E-state index in [-0.39, 0.29) is 11.2 Å². The molecule has 0 bridgehead atoms. The number of nitrogens with one attached hydrogen (secondary N) is 1. The van der Waals surface area contributed by atoms with Crippen LogP contribution in [0.25, 0.3) is 17.2 Å². The molecule has 0 fully saturated rings. The SMILES string of the molecule is COc1ccc([C@H]2SCC(=O)Nc3c2c(-c2ccc(Cl)cc2)nn3-c2nc(C)cc(C)n2)cc1. The number of methoxy groups -OCH3 is 1. The Bertz CT molecular complexity index is 1350. The highest BCUT2D eigenvalue weighted by Crippen LogP contribution is 2.47. The Hall–Kier alpha value is -3.36. The number of hydrogen-bond donors (Lipinski definition) is 1. The minimum Gasteiger partial charge on any atom is -0.497 e. The van der Waals surface area contributed by atoms with Gasteiger partial charge in [-0.3, -0.25) is 4.79 Å². The van der Waals surface area contributed by atoms with E-state index >= 15 is 0 Å². The van der Waals surface area contributed by atoms with Crippen LogP contribution >= 0.6 is 23.4 Å². The van der Waals surface area contributed by atoms with E-state index in [0.29, 0.717) is 22.5 Å². The van der Waals surface area contributed by atoms with E-state index < -0.39 is 0 Å². The molecule has 2 aromatic heterocycles. The van der Waals surface area contributed by atoms with Crippen LogP contribution in [-0.4, -0.2) is 38.5 Å². The van der Waals surface area contributed by atoms with E-state index in [9.17, 15) is 4.79 Å². The first-order valence-corrected chi connectivity index (χ1v) is 12.1. The monoisotopic (exact) mass is 491 g/mol. The number of thioether (sulfide) groups is 1. The maximum atomic E-state index is 12.8. The first-order chi connectivity index (χ1) is 16.4. The van der Waals surface area contributed by atoms with Crippen LogP contribution in [0.4, 0.5) is 5.82 Å². The van der Waals surface area contributed by atoms with E-state index in [1.165, 1.54) is 0 Å². The number of hydrogen-bond acceptors (Lipinski definition) is 6. The summed E-state index contributed by atoms with van der Waals surface area (Å²) in [6.45, 7) is 3.82. The highest BCUT2D eigenvalue weighted by atomic mass is 35.5. The first-order valence-electron chi connectivity index (χ1n) is 10.7. The zero-order valence-corrected chi connectivity index (χ0v) is 20.4. The Kier molecular flexibility index (Phi) is 6.02. The van der Waals surface area contributed by atoms with Gasteiger partial charge in [0.25, 0.3) is 5.95 Å². The van der Waals surface area contributed by atoms with E-state index in [4.69, 9.17) is 21.4 Å². The Morgan fingerprint density at radius 2 is 1.74 bits per heavy atom. The lowest BCUT2D eigenvalue weighted by atomic mass is 10.00. The fourth-order valence-corrected chi connectivity index (χ4v) is 5.27. The first kappa shape index (κ1) is 22.4. The number of fused-ring (bicyclic) bond motifs is 1. The molecule has 172 valence electrons. The zero-order valence-electron chi connectivity index (χ0n) is 18.9. The summed E-state index contributed by atoms with van der Waals surface area (Å²) in [5, 5.41) is 8.48. The Labute approximate surface area is 206 Å². The molecule has 0 saturated carbocycles. The van der Waals surface area contributed by atoms with Gasteiger partial charge in [0, 0.05) is 27.5 Å². The summed E-state index contributed by atoms with van der Waals surface area (Å²) in [4.78, 5) is 22.0. The number of carbonyl (C=O) groups excluding carboxylic acids is 1. The fourth-order valence-electron chi connectivity index (χ4n) is 4.02. The quantitative estimate of drug-likeness (QED) is 0.412. The van der Waals surface area contributed by atoms with E-state index in [1.54, 1.807) is 23.6 Å². The van der Waals surface area contributed by atoms with Crippen molar-refractivity contribution < 1.29 is 9.53 Å². The molecule has 3 heterocycles. The molecule has 5 rings (SSSR count). The van der Waals surface area contributed by atoms with Gasteiger partial charge in [0.1, 0.15) is 11.6 Å². The topological polar surface area (TPSA) is 81.9 Å². The number of carbonyl (C=O) groups is 1. The summed E-state index contributed by atoms with van der Waals surface area (Å²) in [6, 6.07) is 17.3. The molecule has 7 nitrogen and oxygen atoms in total. The van der Waals surface area contributed by atoms with Gasteiger partial charge in [0.15, 0.2) is 0 Å². The number of benzene rings is 2. The number of anilines is 1. The van der Waals surface area contributed by atoms with Crippen molar-refractivity contribution in [3.63, 3.8) is 0 Å². The van der Waals surface area contributed by atoms with Crippen LogP contribution in [0.3, 0.4) is 0 Å². The summed E-state index contributed by atoms with van der Waals surface area (Å²) in [5.74, 6) is 1.96. The van der Waals surface area contributed by atoms with E-state index in [1.807, 2.05) is 68.4 Å². The second-order valence-corrected chi connectivity index (χ2v) is 9.52. The molecular weight excluding hydrogens is 470 g/mol. The van der Waals surface area contributed by atoms with Crippen LogP contribution in [0.5, 0.6) is 5.75 Å². The summed E-state index contributed by atoms with van der Waals surface area (Å²) >= 11 is 7.71. The van der Waals surface area contributed by atoms with Crippen molar-refractivity contribution >= 4 is 35.1 Å². The summed E-state index contributed by atoms with van der Waals surface area (Å²) < 4.78 is 6.98. The fraction of sp³-hybridized carbons (Fsp3) is 0.200. The van der Waals surface area contributed by atoms with Crippen molar-refractivity contribution in [2.45, 2.75) is 19.1 Å². The predicted octanol–water partition coefficient (Wildman–Crippen LogP) is 5.38. The zero-order chi connectivity index (χ0) is 23.8. The van der Waals surface area contributed by atoms with Crippen LogP contribution < -0.4 is 10.1 Å². The normalized spacial score (nSPS) is 15.4. The number of aromatic nitrogens is 4. The van der Waals surface area contributed by atoms with Gasteiger partial charge in [-0.05, 0) is 49.7 Å². The molecule has 0 unspecified atom stereocenters. The molecule has 1 aliphatic heterocycles. The van der Waals surface area contributed by atoms with E-state index in [0.717, 1.165) is 39.5 Å². The maximum Gasteiger partial charge on any atom is 0.252 e. The molecule has 1 N–H and O–H groups in total. The van der Waals surface area contributed by atoms with Crippen molar-refractivity contribution in [2.75, 3.05) is 18.2 Å². The van der Waals surface area contributed by atoms with Gasteiger partial charge < -0.3 is 10.1 Å². The Morgan fingerprint density at radius 1 is 1.06 bits per heavy atom. The molecule has 1 aliphatic rings. The molecule has 1 atom stereocenters. The van der Waals surface area contributed by atoms with Crippen LogP contribution in [0, 0.1) is 13.8 Å². The number of nitrogens with zero attached hydrogens (tertiary/aromatic N) is 4. The molecule has 0 spiro atoms. The molecule has 1 amide bonds. The summed E-state index contributed by atoms with van der Waals surface area (Å²) in [7, 11) is 1.64. The summed E-state index contributed by atoms with van der Waals surface area (Å²) in [5.41, 5.74) is 5.20. The highest BCUT2D eigenvalue weighted by molar-refractivity contribution is 8.00. The minimum absolute atomic E-state index is 0.101. The summed E-state index contributed by atoms with van der Waals surface area (Å²) in [6.07, 6.45) is 0. The van der Waals surface area contributed by atoms with Crippen molar-refractivity contribution in [1.29, 1.82) is 0 Å². The molecular formula is C25H22ClN5O2S. The lowest BCUT2D eigenvalue weighted by Crippen LogP contribution is -2.17. The average Bonchev–Trinajstić information content (AvgIpc) is 3.09. The maximum absolute atomic E-state index is 12.8. The molecule has 0 aliphatic carbocycles. The molecule has 34 heavy (non-hydrogen) atoms. The number of amides is 1. The third-order valence-electron chi connectivity index (χ3n) is 5.52. The van der Waals surface area contributed by atoms with Gasteiger partial charge in [0.2, 0.25) is 5.91 Å². The second kappa shape index (κ2) is 9.12. The van der Waals surface area contributed by atoms with Gasteiger partial charge >= 0.3 is 0 Å². The average molecular weight is 492 g/mol. The van der Waals surface area contributed by atoms with Crippen LogP contribution in [-0.2, 0) is 4.79 Å². The van der Waals surface area contributed by atoms with Gasteiger partial charge in [0.05, 0.1) is 23.8 Å². The number of aryl methyl sites for hydroxylation is 2. The van der Waals surface area contributed by atoms with Crippen LogP contribution in [0.15, 0.2) is 54.6 Å². The van der Waals surface area contributed by atoms with Gasteiger partial charge in [-0.15, -0.1) is 11.8 Å². The standard InChI is InChI=1S/C25H22ClN5O2S/c1-14-12-15(2)28-25(27-14)31-24-21(22(30-31)16-4-8-18(26)9-5-16)23(34-13-20(32)29-24)17-6-10-19(33-3)11-7-17/h4-12,23H,13H2,1-3H3,(H,29,32)/t23-/m1/s1. The molecule has 9 heteroatoms. The molecule has 4 aromatic rings. The number of rotatable bonds is 4. The van der Waals surface area contributed by atoms with Crippen molar-refractivity contribution in [3.8, 4) is 23.0 Å². The minimum atomic E-state index is -0.148. The molecule has 0 radical (unpaired) electrons. The second-order valence-electron chi connectivity index (χ2n) is 7.99. The van der Waals surface area contributed by atoms with Gasteiger partial charge in [-0.2, -0.15) is 9.78 Å². The van der Waals surface area contributed by atoms with Crippen LogP contribution in [0.1, 0.15) is 27.8 Å². The number of ether oxygens (including phenoxy) is 1. The van der Waals surface area contributed by atoms with E-state index in [2.05, 4.69) is 15.3 Å². The molecule has 0 saturated heterocycles. The smallest absolute Gasteiger partial charge is 0.252 e. The van der Waals surface area contributed by atoms with Gasteiger partial charge in [-0.25, -0.2) is 9.97 Å². The number of halogens is 1. The van der Waals surface area contributed by atoms with Crippen molar-refractivity contribution in [1.82, 2.24) is 19.7 Å². The predicted molar refractivity (Wildman–Crippen MR) is 135 cm³/mol. The Morgan fingerprint density at radius 3 is 2.38 bits per heavy atom. The third-order valence-corrected chi connectivity index (χ3v) is 7.04. The highest BCUT2D eigenvalue weighted by Gasteiger charge is 2.33. The lowest BCUT2D eigenvalue weighted by molar-refractivity contribution is -0.113. The Balaban J connectivity index is 1.77. The largest absolute Gasteiger partial charge is 0.497 e. The van der Waals surface area contributed by atoms with Crippen molar-refractivity contribution in [3.05, 3.63) is 82.1 Å². The lowest BCUT2D eigenvalue weighted by Gasteiger charge is -2.16. The third kappa shape index (κ3) is 4.26. The van der Waals surface area contributed by atoms with Crippen LogP contribution in [0.2, 0.25) is 5.02 Å².